The lowest BCUT2D eigenvalue weighted by Crippen LogP contribution is -2.52. The summed E-state index contributed by atoms with van der Waals surface area (Å²) in [4.78, 5) is 50.1. The number of anilines is 2. The Morgan fingerprint density at radius 3 is 1.97 bits per heavy atom. The molecule has 0 bridgehead atoms. The molecule has 0 unspecified atom stereocenters. The molecule has 8 nitrogen and oxygen atoms in total. The van der Waals surface area contributed by atoms with Crippen LogP contribution >= 0.6 is 0 Å². The molecular formula is C29H31N3O5. The average Bonchev–Trinajstić information content (AvgIpc) is 2.92. The Hall–Kier alpha value is -4.46. The second-order valence-corrected chi connectivity index (χ2v) is 8.86. The topological polar surface area (TPSA) is 105 Å². The van der Waals surface area contributed by atoms with Gasteiger partial charge in [0.05, 0.1) is 6.04 Å². The lowest BCUT2D eigenvalue weighted by atomic mass is 10.0. The maximum Gasteiger partial charge on any atom is 0.408 e. The molecule has 192 valence electrons. The molecule has 3 aromatic carbocycles. The fourth-order valence-electron chi connectivity index (χ4n) is 3.74. The van der Waals surface area contributed by atoms with Gasteiger partial charge in [-0.05, 0) is 47.7 Å². The highest BCUT2D eigenvalue weighted by Crippen LogP contribution is 2.24. The van der Waals surface area contributed by atoms with Crippen molar-refractivity contribution in [2.75, 3.05) is 4.90 Å². The summed E-state index contributed by atoms with van der Waals surface area (Å²) in [6.07, 6.45) is 0.945. The molecule has 0 saturated carbocycles. The summed E-state index contributed by atoms with van der Waals surface area (Å²) in [5.74, 6) is -0.709. The van der Waals surface area contributed by atoms with E-state index in [1.54, 1.807) is 38.1 Å². The third-order valence-electron chi connectivity index (χ3n) is 5.74. The van der Waals surface area contributed by atoms with Gasteiger partial charge in [-0.25, -0.2) is 4.79 Å². The molecule has 0 fully saturated rings. The lowest BCUT2D eigenvalue weighted by Gasteiger charge is -2.23. The normalized spacial score (nSPS) is 12.2. The zero-order valence-electron chi connectivity index (χ0n) is 20.9. The summed E-state index contributed by atoms with van der Waals surface area (Å²) in [6.45, 7) is 3.67. The molecule has 2 atom stereocenters. The molecule has 0 aromatic heterocycles. The lowest BCUT2D eigenvalue weighted by molar-refractivity contribution is -0.126. The predicted molar refractivity (Wildman–Crippen MR) is 141 cm³/mol. The number of carbonyl (C=O) groups is 4. The van der Waals surface area contributed by atoms with E-state index >= 15 is 0 Å². The van der Waals surface area contributed by atoms with Crippen molar-refractivity contribution in [2.45, 2.75) is 39.0 Å². The molecule has 0 radical (unpaired) electrons. The van der Waals surface area contributed by atoms with Crippen LogP contribution in [0, 0.1) is 5.92 Å². The average molecular weight is 502 g/mol. The number of para-hydroxylation sites is 1. The van der Waals surface area contributed by atoms with Gasteiger partial charge in [0.1, 0.15) is 18.9 Å². The first-order valence-corrected chi connectivity index (χ1v) is 12.0. The van der Waals surface area contributed by atoms with Crippen LogP contribution in [-0.4, -0.2) is 36.8 Å². The SMILES string of the molecule is CC(C)[C@H](NC(=O)OCc1ccccc1)C(=O)N[C@H](C=O)Cc1ccc(N(C=O)c2ccccc2)cc1. The van der Waals surface area contributed by atoms with E-state index in [0.717, 1.165) is 23.2 Å². The Labute approximate surface area is 216 Å². The molecule has 0 saturated heterocycles. The van der Waals surface area contributed by atoms with Gasteiger partial charge in [-0.15, -0.1) is 0 Å². The summed E-state index contributed by atoms with van der Waals surface area (Å²) < 4.78 is 5.23. The van der Waals surface area contributed by atoms with Crippen molar-refractivity contribution < 1.29 is 23.9 Å². The Morgan fingerprint density at radius 1 is 0.811 bits per heavy atom. The molecule has 3 amide bonds. The van der Waals surface area contributed by atoms with Gasteiger partial charge in [0.25, 0.3) is 0 Å². The van der Waals surface area contributed by atoms with E-state index in [4.69, 9.17) is 4.74 Å². The predicted octanol–water partition coefficient (Wildman–Crippen LogP) is 4.16. The number of hydrogen-bond donors (Lipinski definition) is 2. The maximum absolute atomic E-state index is 12.9. The van der Waals surface area contributed by atoms with Gasteiger partial charge in [0.15, 0.2) is 0 Å². The number of amides is 3. The van der Waals surface area contributed by atoms with Gasteiger partial charge in [0.2, 0.25) is 12.3 Å². The molecule has 0 aliphatic carbocycles. The molecule has 8 heteroatoms. The molecule has 0 heterocycles. The standard InChI is InChI=1S/C29H31N3O5/c1-21(2)27(31-29(36)37-19-23-9-5-3-6-10-23)28(35)30-24(18-33)17-22-13-15-26(16-14-22)32(20-34)25-11-7-4-8-12-25/h3-16,18,20-21,24,27H,17,19H2,1-2H3,(H,30,35)(H,31,36)/t24-,27-/m0/s1. The number of nitrogens with zero attached hydrogens (tertiary/aromatic N) is 1. The number of alkyl carbamates (subject to hydrolysis) is 1. The Balaban J connectivity index is 1.58. The Bertz CT molecular complexity index is 1170. The number of aldehydes is 1. The highest BCUT2D eigenvalue weighted by atomic mass is 16.5. The van der Waals surface area contributed by atoms with Crippen LogP contribution in [-0.2, 0) is 32.1 Å². The fourth-order valence-corrected chi connectivity index (χ4v) is 3.74. The van der Waals surface area contributed by atoms with Crippen LogP contribution < -0.4 is 15.5 Å². The number of nitrogens with one attached hydrogen (secondary N) is 2. The van der Waals surface area contributed by atoms with Crippen LogP contribution in [0.4, 0.5) is 16.2 Å². The number of hydrogen-bond acceptors (Lipinski definition) is 5. The molecule has 0 spiro atoms. The van der Waals surface area contributed by atoms with Gasteiger partial charge in [0, 0.05) is 11.4 Å². The van der Waals surface area contributed by atoms with E-state index < -0.39 is 24.1 Å². The van der Waals surface area contributed by atoms with Crippen molar-refractivity contribution in [3.8, 4) is 0 Å². The summed E-state index contributed by atoms with van der Waals surface area (Å²) in [5.41, 5.74) is 3.04. The van der Waals surface area contributed by atoms with E-state index in [0.29, 0.717) is 12.0 Å². The van der Waals surface area contributed by atoms with Crippen molar-refractivity contribution in [1.29, 1.82) is 0 Å². The van der Waals surface area contributed by atoms with Crippen LogP contribution in [0.3, 0.4) is 0 Å². The molecule has 37 heavy (non-hydrogen) atoms. The largest absolute Gasteiger partial charge is 0.445 e. The van der Waals surface area contributed by atoms with Crippen molar-refractivity contribution in [3.63, 3.8) is 0 Å². The van der Waals surface area contributed by atoms with Crippen LogP contribution in [0.15, 0.2) is 84.9 Å². The Kier molecular flexibility index (Phi) is 9.96. The van der Waals surface area contributed by atoms with Gasteiger partial charge < -0.3 is 20.2 Å². The van der Waals surface area contributed by atoms with Crippen LogP contribution in [0.2, 0.25) is 0 Å². The number of rotatable bonds is 12. The molecule has 0 aliphatic heterocycles. The fraction of sp³-hybridized carbons (Fsp3) is 0.241. The first-order chi connectivity index (χ1) is 17.9. The first-order valence-electron chi connectivity index (χ1n) is 12.0. The van der Waals surface area contributed by atoms with Crippen molar-refractivity contribution in [3.05, 3.63) is 96.1 Å². The van der Waals surface area contributed by atoms with Gasteiger partial charge >= 0.3 is 6.09 Å². The van der Waals surface area contributed by atoms with E-state index in [1.807, 2.05) is 60.7 Å². The number of ether oxygens (including phenoxy) is 1. The zero-order valence-corrected chi connectivity index (χ0v) is 20.9. The molecule has 3 rings (SSSR count). The van der Waals surface area contributed by atoms with Crippen LogP contribution in [0.25, 0.3) is 0 Å². The smallest absolute Gasteiger partial charge is 0.408 e. The summed E-state index contributed by atoms with van der Waals surface area (Å²) >= 11 is 0. The molecule has 2 N–H and O–H groups in total. The van der Waals surface area contributed by atoms with E-state index in [1.165, 1.54) is 4.90 Å². The minimum atomic E-state index is -0.875. The first kappa shape index (κ1) is 27.1. The molecule has 3 aromatic rings. The third-order valence-corrected chi connectivity index (χ3v) is 5.74. The molecular weight excluding hydrogens is 470 g/mol. The monoisotopic (exact) mass is 501 g/mol. The minimum absolute atomic E-state index is 0.0812. The van der Waals surface area contributed by atoms with Crippen molar-refractivity contribution in [1.82, 2.24) is 10.6 Å². The van der Waals surface area contributed by atoms with Crippen molar-refractivity contribution in [2.24, 2.45) is 5.92 Å². The van der Waals surface area contributed by atoms with Crippen molar-refractivity contribution >= 4 is 36.1 Å². The molecule has 0 aliphatic rings. The quantitative estimate of drug-likeness (QED) is 0.363. The zero-order chi connectivity index (χ0) is 26.6. The van der Waals surface area contributed by atoms with Crippen LogP contribution in [0.1, 0.15) is 25.0 Å². The van der Waals surface area contributed by atoms with E-state index in [-0.39, 0.29) is 18.9 Å². The van der Waals surface area contributed by atoms with Gasteiger partial charge in [-0.3, -0.25) is 14.5 Å². The summed E-state index contributed by atoms with van der Waals surface area (Å²) in [7, 11) is 0. The van der Waals surface area contributed by atoms with Gasteiger partial charge in [-0.2, -0.15) is 0 Å². The number of carbonyl (C=O) groups excluding carboxylic acids is 4. The highest BCUT2D eigenvalue weighted by Gasteiger charge is 2.27. The Morgan fingerprint density at radius 2 is 1.41 bits per heavy atom. The summed E-state index contributed by atoms with van der Waals surface area (Å²) in [6, 6.07) is 23.9. The van der Waals surface area contributed by atoms with Crippen LogP contribution in [0.5, 0.6) is 0 Å². The van der Waals surface area contributed by atoms with Gasteiger partial charge in [-0.1, -0.05) is 74.5 Å². The second-order valence-electron chi connectivity index (χ2n) is 8.86. The second kappa shape index (κ2) is 13.6. The maximum atomic E-state index is 12.9. The summed E-state index contributed by atoms with van der Waals surface area (Å²) in [5, 5.41) is 5.30. The van der Waals surface area contributed by atoms with E-state index in [2.05, 4.69) is 10.6 Å². The minimum Gasteiger partial charge on any atom is -0.445 e. The van der Waals surface area contributed by atoms with E-state index in [9.17, 15) is 19.2 Å². The third kappa shape index (κ3) is 8.03. The number of benzene rings is 3. The highest BCUT2D eigenvalue weighted by molar-refractivity contribution is 5.88.